The average Bonchev–Trinajstić information content (AvgIpc) is 2.29. The van der Waals surface area contributed by atoms with Crippen LogP contribution in [0.3, 0.4) is 0 Å². The maximum absolute atomic E-state index is 10.5. The van der Waals surface area contributed by atoms with Crippen molar-refractivity contribution in [2.45, 2.75) is 12.8 Å². The van der Waals surface area contributed by atoms with Gasteiger partial charge in [0, 0.05) is 31.2 Å². The summed E-state index contributed by atoms with van der Waals surface area (Å²) in [6, 6.07) is 3.45. The zero-order valence-electron chi connectivity index (χ0n) is 9.24. The van der Waals surface area contributed by atoms with E-state index >= 15 is 0 Å². The summed E-state index contributed by atoms with van der Waals surface area (Å²) in [5.41, 5.74) is 0.780. The second-order valence-electron chi connectivity index (χ2n) is 3.48. The van der Waals surface area contributed by atoms with Crippen LogP contribution < -0.4 is 4.90 Å². The van der Waals surface area contributed by atoms with Crippen LogP contribution in [-0.4, -0.2) is 40.2 Å². The van der Waals surface area contributed by atoms with Crippen LogP contribution in [-0.2, 0) is 9.59 Å². The molecule has 0 aliphatic heterocycles. The van der Waals surface area contributed by atoms with Crippen molar-refractivity contribution < 1.29 is 19.8 Å². The lowest BCUT2D eigenvalue weighted by molar-refractivity contribution is -0.137. The number of hydrogen-bond acceptors (Lipinski definition) is 4. The Kier molecular flexibility index (Phi) is 4.93. The number of aromatic nitrogens is 1. The summed E-state index contributed by atoms with van der Waals surface area (Å²) in [7, 11) is 0. The smallest absolute Gasteiger partial charge is 0.305 e. The van der Waals surface area contributed by atoms with Crippen LogP contribution in [0.15, 0.2) is 24.5 Å². The minimum atomic E-state index is -0.903. The van der Waals surface area contributed by atoms with E-state index in [0.29, 0.717) is 0 Å². The highest BCUT2D eigenvalue weighted by molar-refractivity contribution is 5.69. The Morgan fingerprint density at radius 2 is 1.53 bits per heavy atom. The molecule has 0 fully saturated rings. The minimum Gasteiger partial charge on any atom is -0.481 e. The van der Waals surface area contributed by atoms with Gasteiger partial charge in [0.2, 0.25) is 0 Å². The summed E-state index contributed by atoms with van der Waals surface area (Å²) in [6.07, 6.45) is 3.12. The van der Waals surface area contributed by atoms with Crippen molar-refractivity contribution in [1.82, 2.24) is 4.98 Å². The van der Waals surface area contributed by atoms with Gasteiger partial charge in [-0.3, -0.25) is 14.6 Å². The summed E-state index contributed by atoms with van der Waals surface area (Å²) < 4.78 is 0. The highest BCUT2D eigenvalue weighted by Crippen LogP contribution is 2.12. The van der Waals surface area contributed by atoms with Crippen molar-refractivity contribution in [2.75, 3.05) is 18.0 Å². The second kappa shape index (κ2) is 6.47. The third-order valence-electron chi connectivity index (χ3n) is 2.22. The Bertz CT molecular complexity index is 362. The summed E-state index contributed by atoms with van der Waals surface area (Å²) in [5, 5.41) is 17.3. The van der Waals surface area contributed by atoms with E-state index in [0.717, 1.165) is 5.69 Å². The highest BCUT2D eigenvalue weighted by Gasteiger charge is 2.10. The molecule has 2 N–H and O–H groups in total. The zero-order chi connectivity index (χ0) is 12.7. The maximum Gasteiger partial charge on any atom is 0.305 e. The molecule has 92 valence electrons. The molecule has 0 bridgehead atoms. The van der Waals surface area contributed by atoms with Gasteiger partial charge in [-0.05, 0) is 12.1 Å². The first-order valence-electron chi connectivity index (χ1n) is 5.18. The highest BCUT2D eigenvalue weighted by atomic mass is 16.4. The van der Waals surface area contributed by atoms with Crippen LogP contribution in [0.4, 0.5) is 5.69 Å². The fourth-order valence-corrected chi connectivity index (χ4v) is 1.39. The molecule has 6 nitrogen and oxygen atoms in total. The fraction of sp³-hybridized carbons (Fsp3) is 0.364. The van der Waals surface area contributed by atoms with Crippen molar-refractivity contribution in [3.05, 3.63) is 24.5 Å². The van der Waals surface area contributed by atoms with E-state index < -0.39 is 11.9 Å². The van der Waals surface area contributed by atoms with Gasteiger partial charge in [-0.15, -0.1) is 0 Å². The van der Waals surface area contributed by atoms with E-state index in [-0.39, 0.29) is 25.9 Å². The summed E-state index contributed by atoms with van der Waals surface area (Å²) in [4.78, 5) is 26.6. The average molecular weight is 238 g/mol. The quantitative estimate of drug-likeness (QED) is 0.731. The van der Waals surface area contributed by atoms with Crippen LogP contribution in [0.2, 0.25) is 0 Å². The number of aliphatic carboxylic acids is 2. The third-order valence-corrected chi connectivity index (χ3v) is 2.22. The number of nitrogens with zero attached hydrogens (tertiary/aromatic N) is 2. The van der Waals surface area contributed by atoms with E-state index in [1.54, 1.807) is 29.4 Å². The van der Waals surface area contributed by atoms with Crippen molar-refractivity contribution in [3.63, 3.8) is 0 Å². The third kappa shape index (κ3) is 4.96. The van der Waals surface area contributed by atoms with Gasteiger partial charge in [0.25, 0.3) is 0 Å². The van der Waals surface area contributed by atoms with Gasteiger partial charge in [-0.1, -0.05) is 0 Å². The predicted molar refractivity (Wildman–Crippen MR) is 61.0 cm³/mol. The lowest BCUT2D eigenvalue weighted by Gasteiger charge is -2.23. The molecule has 0 unspecified atom stereocenters. The molecule has 1 aromatic heterocycles. The van der Waals surface area contributed by atoms with Gasteiger partial charge >= 0.3 is 11.9 Å². The van der Waals surface area contributed by atoms with E-state index in [2.05, 4.69) is 4.98 Å². The molecule has 0 amide bonds. The fourth-order valence-electron chi connectivity index (χ4n) is 1.39. The number of rotatable bonds is 7. The summed E-state index contributed by atoms with van der Waals surface area (Å²) in [5.74, 6) is -1.81. The molecule has 0 spiro atoms. The van der Waals surface area contributed by atoms with Crippen LogP contribution in [0.25, 0.3) is 0 Å². The number of carboxylic acids is 2. The van der Waals surface area contributed by atoms with Gasteiger partial charge in [0.1, 0.15) is 0 Å². The number of carboxylic acid groups (broad SMARTS) is 2. The van der Waals surface area contributed by atoms with E-state index in [4.69, 9.17) is 10.2 Å². The first kappa shape index (κ1) is 13.0. The van der Waals surface area contributed by atoms with Crippen molar-refractivity contribution in [3.8, 4) is 0 Å². The molecule has 0 aliphatic carbocycles. The molecular weight excluding hydrogens is 224 g/mol. The zero-order valence-corrected chi connectivity index (χ0v) is 9.24. The lowest BCUT2D eigenvalue weighted by Crippen LogP contribution is -2.28. The molecule has 0 saturated heterocycles. The molecule has 0 atom stereocenters. The Morgan fingerprint density at radius 3 is 1.94 bits per heavy atom. The molecule has 0 aliphatic rings. The molecule has 0 aromatic carbocycles. The number of hydrogen-bond donors (Lipinski definition) is 2. The molecular formula is C11H14N2O4. The maximum atomic E-state index is 10.5. The predicted octanol–water partition coefficient (Wildman–Crippen LogP) is 0.837. The normalized spacial score (nSPS) is 9.88. The largest absolute Gasteiger partial charge is 0.481 e. The number of anilines is 1. The molecule has 6 heteroatoms. The molecule has 0 radical (unpaired) electrons. The van der Waals surface area contributed by atoms with Gasteiger partial charge in [-0.2, -0.15) is 0 Å². The van der Waals surface area contributed by atoms with E-state index in [1.807, 2.05) is 0 Å². The van der Waals surface area contributed by atoms with Crippen LogP contribution >= 0.6 is 0 Å². The number of carbonyl (C=O) groups is 2. The van der Waals surface area contributed by atoms with Crippen LogP contribution in [0.5, 0.6) is 0 Å². The SMILES string of the molecule is O=C(O)CCN(CCC(=O)O)c1ccncc1. The molecule has 1 heterocycles. The van der Waals surface area contributed by atoms with Gasteiger partial charge in [-0.25, -0.2) is 0 Å². The Morgan fingerprint density at radius 1 is 1.06 bits per heavy atom. The van der Waals surface area contributed by atoms with Crippen molar-refractivity contribution >= 4 is 17.6 Å². The monoisotopic (exact) mass is 238 g/mol. The van der Waals surface area contributed by atoms with E-state index in [9.17, 15) is 9.59 Å². The van der Waals surface area contributed by atoms with Gasteiger partial charge in [0.15, 0.2) is 0 Å². The minimum absolute atomic E-state index is 0.0259. The van der Waals surface area contributed by atoms with Gasteiger partial charge in [0.05, 0.1) is 12.8 Å². The van der Waals surface area contributed by atoms with Crippen molar-refractivity contribution in [2.24, 2.45) is 0 Å². The van der Waals surface area contributed by atoms with Crippen LogP contribution in [0, 0.1) is 0 Å². The van der Waals surface area contributed by atoms with E-state index in [1.165, 1.54) is 0 Å². The number of pyridine rings is 1. The molecule has 1 rings (SSSR count). The Hall–Kier alpha value is -2.11. The standard InChI is InChI=1S/C11H14N2O4/c14-10(15)3-7-13(8-4-11(16)17)9-1-5-12-6-2-9/h1-2,5-6H,3-4,7-8H2,(H,14,15)(H,16,17). The van der Waals surface area contributed by atoms with Gasteiger partial charge < -0.3 is 15.1 Å². The summed E-state index contributed by atoms with van der Waals surface area (Å²) in [6.45, 7) is 0.569. The molecule has 17 heavy (non-hydrogen) atoms. The second-order valence-corrected chi connectivity index (χ2v) is 3.48. The summed E-state index contributed by atoms with van der Waals surface area (Å²) >= 11 is 0. The Labute approximate surface area is 98.5 Å². The first-order valence-corrected chi connectivity index (χ1v) is 5.18. The van der Waals surface area contributed by atoms with Crippen LogP contribution in [0.1, 0.15) is 12.8 Å². The lowest BCUT2D eigenvalue weighted by atomic mass is 10.3. The Balaban J connectivity index is 2.64. The first-order chi connectivity index (χ1) is 8.09. The molecule has 0 saturated carbocycles. The topological polar surface area (TPSA) is 90.7 Å². The van der Waals surface area contributed by atoms with Crippen molar-refractivity contribution in [1.29, 1.82) is 0 Å². The molecule has 1 aromatic rings.